The first-order chi connectivity index (χ1) is 5.74. The average Bonchev–Trinajstić information content (AvgIpc) is 2.51. The van der Waals surface area contributed by atoms with Gasteiger partial charge in [0.2, 0.25) is 0 Å². The fraction of sp³-hybridized carbons (Fsp3) is 0.125. The van der Waals surface area contributed by atoms with Crippen molar-refractivity contribution in [3.05, 3.63) is 29.1 Å². The maximum atomic E-state index is 10.5. The maximum absolute atomic E-state index is 10.5. The molecule has 0 radical (unpaired) electrons. The molecule has 0 atom stereocenters. The van der Waals surface area contributed by atoms with E-state index in [-0.39, 0.29) is 4.91 Å². The molecule has 0 saturated carbocycles. The molecule has 0 aromatic carbocycles. The van der Waals surface area contributed by atoms with Crippen LogP contribution in [0.5, 0.6) is 0 Å². The molecule has 1 rings (SSSR count). The second-order valence-electron chi connectivity index (χ2n) is 2.03. The van der Waals surface area contributed by atoms with Gasteiger partial charge < -0.3 is 9.52 Å². The molecule has 0 aliphatic rings. The van der Waals surface area contributed by atoms with E-state index in [1.165, 1.54) is 24.1 Å². The molecular formula is C8H8O3S. The molecule has 0 aliphatic carbocycles. The second-order valence-corrected chi connectivity index (χ2v) is 2.88. The topological polar surface area (TPSA) is 50.4 Å². The zero-order chi connectivity index (χ0) is 8.97. The van der Waals surface area contributed by atoms with Crippen LogP contribution in [-0.4, -0.2) is 17.3 Å². The number of thioether (sulfide) groups is 1. The van der Waals surface area contributed by atoms with Crippen molar-refractivity contribution in [2.45, 2.75) is 0 Å². The van der Waals surface area contributed by atoms with Crippen molar-refractivity contribution in [3.8, 4) is 0 Å². The van der Waals surface area contributed by atoms with E-state index in [1.54, 1.807) is 18.4 Å². The van der Waals surface area contributed by atoms with Gasteiger partial charge in [-0.15, -0.1) is 11.8 Å². The van der Waals surface area contributed by atoms with Gasteiger partial charge in [0, 0.05) is 6.08 Å². The van der Waals surface area contributed by atoms with Crippen LogP contribution in [0, 0.1) is 0 Å². The van der Waals surface area contributed by atoms with Crippen LogP contribution in [0.25, 0.3) is 6.08 Å². The third-order valence-corrected chi connectivity index (χ3v) is 1.98. The molecule has 1 N–H and O–H groups in total. The van der Waals surface area contributed by atoms with Gasteiger partial charge in [0.1, 0.15) is 5.76 Å². The molecule has 0 spiro atoms. The first kappa shape index (κ1) is 8.93. The lowest BCUT2D eigenvalue weighted by molar-refractivity contribution is -0.131. The van der Waals surface area contributed by atoms with Crippen molar-refractivity contribution in [1.29, 1.82) is 0 Å². The maximum Gasteiger partial charge on any atom is 0.342 e. The normalized spacial score (nSPS) is 11.6. The molecule has 0 fully saturated rings. The first-order valence-corrected chi connectivity index (χ1v) is 4.49. The number of aliphatic carboxylic acids is 1. The Balaban J connectivity index is 2.85. The van der Waals surface area contributed by atoms with Crippen LogP contribution in [0.2, 0.25) is 0 Å². The minimum Gasteiger partial charge on any atom is -0.477 e. The summed E-state index contributed by atoms with van der Waals surface area (Å²) in [5, 5.41) is 8.64. The minimum atomic E-state index is -0.932. The van der Waals surface area contributed by atoms with Gasteiger partial charge in [-0.25, -0.2) is 4.79 Å². The number of furan rings is 1. The summed E-state index contributed by atoms with van der Waals surface area (Å²) in [7, 11) is 0. The van der Waals surface area contributed by atoms with E-state index in [0.29, 0.717) is 5.76 Å². The van der Waals surface area contributed by atoms with E-state index in [1.807, 2.05) is 0 Å². The Kier molecular flexibility index (Phi) is 2.99. The van der Waals surface area contributed by atoms with Crippen molar-refractivity contribution >= 4 is 23.8 Å². The van der Waals surface area contributed by atoms with Crippen LogP contribution in [0.15, 0.2) is 27.7 Å². The molecule has 0 bridgehead atoms. The van der Waals surface area contributed by atoms with Crippen molar-refractivity contribution < 1.29 is 14.3 Å². The van der Waals surface area contributed by atoms with Gasteiger partial charge in [0.15, 0.2) is 0 Å². The Labute approximate surface area is 74.1 Å². The van der Waals surface area contributed by atoms with Crippen LogP contribution in [0.1, 0.15) is 5.76 Å². The van der Waals surface area contributed by atoms with E-state index in [9.17, 15) is 4.79 Å². The van der Waals surface area contributed by atoms with Gasteiger partial charge in [-0.1, -0.05) is 0 Å². The summed E-state index contributed by atoms with van der Waals surface area (Å²) in [6, 6.07) is 3.42. The van der Waals surface area contributed by atoms with Crippen LogP contribution in [0.3, 0.4) is 0 Å². The number of carboxylic acid groups (broad SMARTS) is 1. The Morgan fingerprint density at radius 1 is 1.75 bits per heavy atom. The van der Waals surface area contributed by atoms with Crippen LogP contribution in [0.4, 0.5) is 0 Å². The largest absolute Gasteiger partial charge is 0.477 e. The van der Waals surface area contributed by atoms with Gasteiger partial charge in [-0.2, -0.15) is 0 Å². The molecule has 12 heavy (non-hydrogen) atoms. The van der Waals surface area contributed by atoms with Crippen LogP contribution in [-0.2, 0) is 4.79 Å². The Morgan fingerprint density at radius 3 is 2.92 bits per heavy atom. The summed E-state index contributed by atoms with van der Waals surface area (Å²) in [5.41, 5.74) is 0. The number of hydrogen-bond donors (Lipinski definition) is 1. The Bertz CT molecular complexity index is 287. The number of carboxylic acids is 1. The fourth-order valence-electron chi connectivity index (χ4n) is 0.711. The quantitative estimate of drug-likeness (QED) is 0.730. The predicted octanol–water partition coefficient (Wildman–Crippen LogP) is 2.07. The summed E-state index contributed by atoms with van der Waals surface area (Å²) < 4.78 is 4.96. The van der Waals surface area contributed by atoms with Crippen molar-refractivity contribution in [3.63, 3.8) is 0 Å². The SMILES string of the molecule is CS/C(=C\c1ccco1)C(=O)O. The predicted molar refractivity (Wildman–Crippen MR) is 47.8 cm³/mol. The number of carbonyl (C=O) groups is 1. The Morgan fingerprint density at radius 2 is 2.50 bits per heavy atom. The third kappa shape index (κ3) is 2.17. The number of hydrogen-bond acceptors (Lipinski definition) is 3. The zero-order valence-corrected chi connectivity index (χ0v) is 7.30. The third-order valence-electron chi connectivity index (χ3n) is 1.25. The van der Waals surface area contributed by atoms with Crippen LogP contribution >= 0.6 is 11.8 Å². The molecule has 64 valence electrons. The van der Waals surface area contributed by atoms with Gasteiger partial charge in [0.05, 0.1) is 11.2 Å². The van der Waals surface area contributed by atoms with E-state index in [4.69, 9.17) is 9.52 Å². The lowest BCUT2D eigenvalue weighted by Gasteiger charge is -1.93. The standard InChI is InChI=1S/C8H8O3S/c1-12-7(8(9)10)5-6-3-2-4-11-6/h2-5H,1H3,(H,9,10)/b7-5-. The van der Waals surface area contributed by atoms with E-state index in [2.05, 4.69) is 0 Å². The van der Waals surface area contributed by atoms with Gasteiger partial charge in [-0.3, -0.25) is 0 Å². The van der Waals surface area contributed by atoms with E-state index < -0.39 is 5.97 Å². The highest BCUT2D eigenvalue weighted by Gasteiger charge is 2.05. The monoisotopic (exact) mass is 184 g/mol. The summed E-state index contributed by atoms with van der Waals surface area (Å²) in [5.74, 6) is -0.374. The lowest BCUT2D eigenvalue weighted by atomic mass is 10.4. The molecule has 1 aromatic heterocycles. The fourth-order valence-corrected chi connectivity index (χ4v) is 1.12. The van der Waals surface area contributed by atoms with Crippen molar-refractivity contribution in [2.24, 2.45) is 0 Å². The lowest BCUT2D eigenvalue weighted by Crippen LogP contribution is -1.95. The summed E-state index contributed by atoms with van der Waals surface area (Å²) in [6.45, 7) is 0. The molecule has 1 aromatic rings. The molecule has 4 heteroatoms. The minimum absolute atomic E-state index is 0.268. The summed E-state index contributed by atoms with van der Waals surface area (Å²) >= 11 is 1.18. The molecule has 0 saturated heterocycles. The van der Waals surface area contributed by atoms with Crippen molar-refractivity contribution in [2.75, 3.05) is 6.26 Å². The molecule has 3 nitrogen and oxygen atoms in total. The molecule has 1 heterocycles. The highest BCUT2D eigenvalue weighted by molar-refractivity contribution is 8.03. The highest BCUT2D eigenvalue weighted by Crippen LogP contribution is 2.16. The second kappa shape index (κ2) is 4.01. The highest BCUT2D eigenvalue weighted by atomic mass is 32.2. The first-order valence-electron chi connectivity index (χ1n) is 3.26. The Hall–Kier alpha value is -1.16. The number of rotatable bonds is 3. The molecule has 0 aliphatic heterocycles. The smallest absolute Gasteiger partial charge is 0.342 e. The van der Waals surface area contributed by atoms with Gasteiger partial charge in [0.25, 0.3) is 0 Å². The zero-order valence-electron chi connectivity index (χ0n) is 6.48. The summed E-state index contributed by atoms with van der Waals surface area (Å²) in [6.07, 6.45) is 4.71. The van der Waals surface area contributed by atoms with Crippen LogP contribution < -0.4 is 0 Å². The van der Waals surface area contributed by atoms with E-state index in [0.717, 1.165) is 0 Å². The van der Waals surface area contributed by atoms with Gasteiger partial charge in [-0.05, 0) is 18.4 Å². The molecule has 0 amide bonds. The molecule has 0 unspecified atom stereocenters. The average molecular weight is 184 g/mol. The van der Waals surface area contributed by atoms with Gasteiger partial charge >= 0.3 is 5.97 Å². The summed E-state index contributed by atoms with van der Waals surface area (Å²) in [4.78, 5) is 10.8. The van der Waals surface area contributed by atoms with Crippen molar-refractivity contribution in [1.82, 2.24) is 0 Å². The van der Waals surface area contributed by atoms with E-state index >= 15 is 0 Å². The molecular weight excluding hydrogens is 176 g/mol.